The summed E-state index contributed by atoms with van der Waals surface area (Å²) in [6.45, 7) is 2.70. The molecule has 33 heavy (non-hydrogen) atoms. The summed E-state index contributed by atoms with van der Waals surface area (Å²) in [5.74, 6) is -0.674. The number of morpholine rings is 1. The van der Waals surface area contributed by atoms with Crippen molar-refractivity contribution in [3.63, 3.8) is 0 Å². The first-order chi connectivity index (χ1) is 15.8. The molecule has 0 saturated carbocycles. The van der Waals surface area contributed by atoms with Gasteiger partial charge in [0.05, 0.1) is 25.4 Å². The molecule has 0 atom stereocenters. The van der Waals surface area contributed by atoms with Crippen molar-refractivity contribution in [1.82, 2.24) is 9.47 Å². The Labute approximate surface area is 192 Å². The molecule has 1 fully saturated rings. The molecule has 1 aliphatic heterocycles. The van der Waals surface area contributed by atoms with Crippen molar-refractivity contribution in [2.75, 3.05) is 31.6 Å². The van der Waals surface area contributed by atoms with Crippen LogP contribution in [0.1, 0.15) is 0 Å². The normalized spacial score (nSPS) is 15.2. The first kappa shape index (κ1) is 23.0. The van der Waals surface area contributed by atoms with Crippen molar-refractivity contribution in [3.8, 4) is 11.6 Å². The molecular formula is C21H20F3N5O3S. The van der Waals surface area contributed by atoms with Crippen molar-refractivity contribution in [2.24, 2.45) is 10.2 Å². The van der Waals surface area contributed by atoms with Gasteiger partial charge in [-0.05, 0) is 42.5 Å². The topological polar surface area (TPSA) is 83.6 Å². The van der Waals surface area contributed by atoms with Gasteiger partial charge < -0.3 is 19.9 Å². The molecule has 174 valence electrons. The van der Waals surface area contributed by atoms with E-state index in [4.69, 9.17) is 17.0 Å². The second-order valence-electron chi connectivity index (χ2n) is 7.20. The minimum atomic E-state index is -4.85. The summed E-state index contributed by atoms with van der Waals surface area (Å²) in [6.07, 6.45) is -4.85. The van der Waals surface area contributed by atoms with Crippen LogP contribution in [0.4, 0.5) is 24.5 Å². The number of benzene rings is 2. The molecule has 0 radical (unpaired) electrons. The quantitative estimate of drug-likeness (QED) is 0.395. The number of fused-ring (bicyclic) bond motifs is 1. The maximum atomic E-state index is 12.7. The number of aromatic hydroxyl groups is 1. The first-order valence-electron chi connectivity index (χ1n) is 9.99. The molecule has 1 aliphatic rings. The summed E-state index contributed by atoms with van der Waals surface area (Å²) < 4.78 is 49.1. The minimum absolute atomic E-state index is 0.0110. The Bertz CT molecular complexity index is 1160. The van der Waals surface area contributed by atoms with E-state index in [1.165, 1.54) is 18.2 Å². The van der Waals surface area contributed by atoms with Crippen LogP contribution in [0.5, 0.6) is 11.6 Å². The fraction of sp³-hybridized carbons (Fsp3) is 0.286. The number of aromatic nitrogens is 1. The Balaban J connectivity index is 1.68. The lowest BCUT2D eigenvalue weighted by Gasteiger charge is -2.27. The van der Waals surface area contributed by atoms with Gasteiger partial charge in [-0.15, -0.1) is 23.4 Å². The number of rotatable bonds is 5. The molecule has 2 aromatic carbocycles. The van der Waals surface area contributed by atoms with Crippen LogP contribution in [-0.2, 0) is 11.4 Å². The molecule has 12 heteroatoms. The van der Waals surface area contributed by atoms with E-state index in [9.17, 15) is 18.3 Å². The van der Waals surface area contributed by atoms with E-state index in [0.717, 1.165) is 0 Å². The van der Waals surface area contributed by atoms with Crippen LogP contribution in [-0.4, -0.2) is 52.4 Å². The fourth-order valence-corrected chi connectivity index (χ4v) is 3.61. The van der Waals surface area contributed by atoms with E-state index in [0.29, 0.717) is 44.2 Å². The molecule has 0 bridgehead atoms. The van der Waals surface area contributed by atoms with E-state index < -0.39 is 12.1 Å². The third-order valence-corrected chi connectivity index (χ3v) is 5.11. The van der Waals surface area contributed by atoms with Crippen LogP contribution < -0.4 is 10.1 Å². The molecular weight excluding hydrogens is 459 g/mol. The molecule has 0 amide bonds. The summed E-state index contributed by atoms with van der Waals surface area (Å²) >= 11 is 5.18. The minimum Gasteiger partial charge on any atom is -0.493 e. The maximum absolute atomic E-state index is 12.7. The molecule has 1 saturated heterocycles. The summed E-state index contributed by atoms with van der Waals surface area (Å²) in [4.78, 5) is 2.05. The van der Waals surface area contributed by atoms with Gasteiger partial charge in [-0.2, -0.15) is 0 Å². The molecule has 0 spiro atoms. The number of halogens is 3. The van der Waals surface area contributed by atoms with Gasteiger partial charge in [0.25, 0.3) is 0 Å². The number of nitrogens with zero attached hydrogens (tertiary/aromatic N) is 4. The van der Waals surface area contributed by atoms with Crippen LogP contribution in [0.3, 0.4) is 0 Å². The number of ether oxygens (including phenoxy) is 2. The number of alkyl halides is 3. The highest BCUT2D eigenvalue weighted by molar-refractivity contribution is 7.80. The third kappa shape index (κ3) is 5.78. The van der Waals surface area contributed by atoms with Crippen LogP contribution in [0.25, 0.3) is 10.9 Å². The number of para-hydroxylation sites is 1. The van der Waals surface area contributed by atoms with Gasteiger partial charge in [-0.3, -0.25) is 9.47 Å². The second kappa shape index (κ2) is 9.73. The highest BCUT2D eigenvalue weighted by Gasteiger charge is 2.31. The van der Waals surface area contributed by atoms with E-state index in [1.54, 1.807) is 16.7 Å². The Morgan fingerprint density at radius 1 is 1.15 bits per heavy atom. The van der Waals surface area contributed by atoms with E-state index in [-0.39, 0.29) is 22.1 Å². The average molecular weight is 479 g/mol. The van der Waals surface area contributed by atoms with Crippen molar-refractivity contribution in [3.05, 3.63) is 48.5 Å². The van der Waals surface area contributed by atoms with Gasteiger partial charge >= 0.3 is 6.36 Å². The molecule has 2 N–H and O–H groups in total. The summed E-state index contributed by atoms with van der Waals surface area (Å²) in [5.41, 5.74) is 1.16. The SMILES string of the molecule is Oc1c(N=NC(=S)Nc2ccccc2)c2cc(OC(F)(F)F)ccc2n1CN1CCOCC1. The largest absolute Gasteiger partial charge is 0.573 e. The predicted octanol–water partition coefficient (Wildman–Crippen LogP) is 5.02. The second-order valence-corrected chi connectivity index (χ2v) is 7.58. The zero-order valence-electron chi connectivity index (χ0n) is 17.2. The molecule has 8 nitrogen and oxygen atoms in total. The van der Waals surface area contributed by atoms with Gasteiger partial charge in [0.1, 0.15) is 5.75 Å². The molecule has 0 aliphatic carbocycles. The molecule has 2 heterocycles. The van der Waals surface area contributed by atoms with E-state index in [1.807, 2.05) is 23.1 Å². The van der Waals surface area contributed by atoms with E-state index in [2.05, 4.69) is 20.3 Å². The average Bonchev–Trinajstić information content (AvgIpc) is 3.03. The first-order valence-corrected chi connectivity index (χ1v) is 10.4. The van der Waals surface area contributed by atoms with Crippen molar-refractivity contribution >= 4 is 39.6 Å². The lowest BCUT2D eigenvalue weighted by atomic mass is 10.2. The van der Waals surface area contributed by atoms with Gasteiger partial charge in [0.15, 0.2) is 5.69 Å². The summed E-state index contributed by atoms with van der Waals surface area (Å²) in [5, 5.41) is 22.0. The number of nitrogens with one attached hydrogen (secondary N) is 1. The molecule has 1 aromatic heterocycles. The standard InChI is InChI=1S/C21H20F3N5O3S/c22-21(23,24)32-15-6-7-17-16(12-15)18(19(30)29(17)13-28-8-10-31-11-9-28)26-27-20(33)25-14-4-2-1-3-5-14/h1-7,12,30H,8-11,13H2,(H,25,33). The Hall–Kier alpha value is -3.22. The molecule has 0 unspecified atom stereocenters. The number of anilines is 1. The van der Waals surface area contributed by atoms with Crippen molar-refractivity contribution < 1.29 is 27.8 Å². The van der Waals surface area contributed by atoms with Crippen molar-refractivity contribution in [2.45, 2.75) is 13.0 Å². The third-order valence-electron chi connectivity index (χ3n) is 4.93. The van der Waals surface area contributed by atoms with Crippen LogP contribution in [0.15, 0.2) is 58.8 Å². The lowest BCUT2D eigenvalue weighted by Crippen LogP contribution is -2.37. The van der Waals surface area contributed by atoms with Crippen molar-refractivity contribution in [1.29, 1.82) is 0 Å². The van der Waals surface area contributed by atoms with Gasteiger partial charge in [-0.1, -0.05) is 18.2 Å². The highest BCUT2D eigenvalue weighted by atomic mass is 32.1. The van der Waals surface area contributed by atoms with Gasteiger partial charge in [0.2, 0.25) is 11.0 Å². The number of thiocarbonyl (C=S) groups is 1. The summed E-state index contributed by atoms with van der Waals surface area (Å²) in [6, 6.07) is 12.8. The Morgan fingerprint density at radius 3 is 2.58 bits per heavy atom. The lowest BCUT2D eigenvalue weighted by molar-refractivity contribution is -0.274. The highest BCUT2D eigenvalue weighted by Crippen LogP contribution is 2.41. The molecule has 4 rings (SSSR count). The van der Waals surface area contributed by atoms with Gasteiger partial charge in [-0.25, -0.2) is 0 Å². The fourth-order valence-electron chi connectivity index (χ4n) is 3.45. The van der Waals surface area contributed by atoms with E-state index >= 15 is 0 Å². The number of hydrogen-bond donors (Lipinski definition) is 2. The monoisotopic (exact) mass is 479 g/mol. The maximum Gasteiger partial charge on any atom is 0.573 e. The summed E-state index contributed by atoms with van der Waals surface area (Å²) in [7, 11) is 0. The van der Waals surface area contributed by atoms with Crippen LogP contribution in [0, 0.1) is 0 Å². The van der Waals surface area contributed by atoms with Crippen LogP contribution in [0.2, 0.25) is 0 Å². The smallest absolute Gasteiger partial charge is 0.493 e. The zero-order valence-corrected chi connectivity index (χ0v) is 18.1. The van der Waals surface area contributed by atoms with Gasteiger partial charge in [0, 0.05) is 24.2 Å². The predicted molar refractivity (Wildman–Crippen MR) is 120 cm³/mol. The zero-order chi connectivity index (χ0) is 23.4. The number of hydrogen-bond acceptors (Lipinski definition) is 6. The molecule has 3 aromatic rings. The number of azo groups is 1. The Morgan fingerprint density at radius 2 is 1.88 bits per heavy atom. The van der Waals surface area contributed by atoms with Crippen LogP contribution >= 0.6 is 12.2 Å². The Kier molecular flexibility index (Phi) is 6.77.